The van der Waals surface area contributed by atoms with E-state index in [-0.39, 0.29) is 12.1 Å². The summed E-state index contributed by atoms with van der Waals surface area (Å²) in [7, 11) is 2.00. The predicted octanol–water partition coefficient (Wildman–Crippen LogP) is 2.43. The Morgan fingerprint density at radius 1 is 1.35 bits per heavy atom. The monoisotopic (exact) mass is 352 g/mol. The molecule has 2 N–H and O–H groups in total. The molecule has 0 radical (unpaired) electrons. The SMILES string of the molecule is CN1C=Nc2[nH]ccc2C1(C)NC1CCCCN1C(=O)c1ccccn1. The highest BCUT2D eigenvalue weighted by Gasteiger charge is 2.40. The van der Waals surface area contributed by atoms with Crippen LogP contribution in [0.3, 0.4) is 0 Å². The summed E-state index contributed by atoms with van der Waals surface area (Å²) in [5, 5.41) is 3.72. The van der Waals surface area contributed by atoms with E-state index < -0.39 is 5.66 Å². The number of aliphatic imine (C=N–C) groups is 1. The number of aromatic amines is 1. The third-order valence-corrected chi connectivity index (χ3v) is 5.41. The Balaban J connectivity index is 1.61. The number of amides is 1. The molecule has 4 rings (SSSR count). The zero-order valence-electron chi connectivity index (χ0n) is 15.1. The zero-order valence-corrected chi connectivity index (χ0v) is 15.1. The second-order valence-electron chi connectivity index (χ2n) is 7.04. The normalized spacial score (nSPS) is 25.2. The number of carbonyl (C=O) groups excluding carboxylic acids is 1. The minimum absolute atomic E-state index is 0.0205. The summed E-state index contributed by atoms with van der Waals surface area (Å²) < 4.78 is 0. The van der Waals surface area contributed by atoms with Crippen LogP contribution in [0.25, 0.3) is 0 Å². The molecule has 2 unspecified atom stereocenters. The molecular weight excluding hydrogens is 328 g/mol. The fraction of sp³-hybridized carbons (Fsp3) is 0.421. The molecule has 7 nitrogen and oxygen atoms in total. The van der Waals surface area contributed by atoms with Gasteiger partial charge in [0.25, 0.3) is 5.91 Å². The highest BCUT2D eigenvalue weighted by Crippen LogP contribution is 2.35. The quantitative estimate of drug-likeness (QED) is 0.889. The van der Waals surface area contributed by atoms with E-state index in [0.29, 0.717) is 5.69 Å². The van der Waals surface area contributed by atoms with Gasteiger partial charge in [-0.2, -0.15) is 0 Å². The number of aromatic nitrogens is 2. The Kier molecular flexibility index (Phi) is 4.24. The lowest BCUT2D eigenvalue weighted by atomic mass is 9.98. The molecule has 7 heteroatoms. The number of likely N-dealkylation sites (tertiary alicyclic amines) is 1. The first kappa shape index (κ1) is 16.8. The summed E-state index contributed by atoms with van der Waals surface area (Å²) >= 11 is 0. The van der Waals surface area contributed by atoms with Crippen molar-refractivity contribution >= 4 is 18.1 Å². The van der Waals surface area contributed by atoms with Crippen molar-refractivity contribution in [3.8, 4) is 0 Å². The van der Waals surface area contributed by atoms with Gasteiger partial charge in [-0.15, -0.1) is 0 Å². The van der Waals surface area contributed by atoms with E-state index >= 15 is 0 Å². The van der Waals surface area contributed by atoms with Gasteiger partial charge in [0.15, 0.2) is 0 Å². The highest BCUT2D eigenvalue weighted by molar-refractivity contribution is 5.92. The smallest absolute Gasteiger partial charge is 0.273 e. The minimum atomic E-state index is -0.443. The van der Waals surface area contributed by atoms with Gasteiger partial charge in [-0.1, -0.05) is 6.07 Å². The molecule has 4 heterocycles. The van der Waals surface area contributed by atoms with Crippen molar-refractivity contribution in [2.75, 3.05) is 13.6 Å². The number of pyridine rings is 1. The van der Waals surface area contributed by atoms with E-state index in [1.807, 2.05) is 42.7 Å². The molecule has 1 fully saturated rings. The van der Waals surface area contributed by atoms with Crippen molar-refractivity contribution < 1.29 is 4.79 Å². The van der Waals surface area contributed by atoms with E-state index in [0.717, 1.165) is 37.2 Å². The van der Waals surface area contributed by atoms with Crippen LogP contribution in [0.5, 0.6) is 0 Å². The van der Waals surface area contributed by atoms with Gasteiger partial charge in [0.2, 0.25) is 0 Å². The van der Waals surface area contributed by atoms with Crippen molar-refractivity contribution in [2.24, 2.45) is 4.99 Å². The highest BCUT2D eigenvalue weighted by atomic mass is 16.2. The van der Waals surface area contributed by atoms with E-state index in [2.05, 4.69) is 32.1 Å². The van der Waals surface area contributed by atoms with Crippen LogP contribution < -0.4 is 5.32 Å². The Morgan fingerprint density at radius 2 is 2.23 bits per heavy atom. The predicted molar refractivity (Wildman–Crippen MR) is 100 cm³/mol. The zero-order chi connectivity index (χ0) is 18.1. The van der Waals surface area contributed by atoms with E-state index in [1.165, 1.54) is 0 Å². The van der Waals surface area contributed by atoms with Crippen LogP contribution in [0.4, 0.5) is 5.82 Å². The molecule has 0 saturated carbocycles. The summed E-state index contributed by atoms with van der Waals surface area (Å²) in [6, 6.07) is 7.50. The van der Waals surface area contributed by atoms with Crippen molar-refractivity contribution in [1.82, 2.24) is 25.1 Å². The number of nitrogens with zero attached hydrogens (tertiary/aromatic N) is 4. The number of carbonyl (C=O) groups is 1. The van der Waals surface area contributed by atoms with Gasteiger partial charge in [0.05, 0.1) is 12.5 Å². The summed E-state index contributed by atoms with van der Waals surface area (Å²) in [4.78, 5) is 28.8. The van der Waals surface area contributed by atoms with E-state index in [1.54, 1.807) is 12.3 Å². The standard InChI is InChI=1S/C19H24N6O/c1-19(14-9-11-21-17(14)22-13-24(19)2)23-16-8-4-6-12-25(16)18(26)15-7-3-5-10-20-15/h3,5,7,9-11,13,16,21,23H,4,6,8,12H2,1-2H3. The third kappa shape index (κ3) is 2.78. The van der Waals surface area contributed by atoms with Crippen LogP contribution >= 0.6 is 0 Å². The van der Waals surface area contributed by atoms with Gasteiger partial charge >= 0.3 is 0 Å². The second kappa shape index (κ2) is 6.57. The fourth-order valence-electron chi connectivity index (χ4n) is 3.78. The van der Waals surface area contributed by atoms with E-state index in [9.17, 15) is 4.79 Å². The molecule has 1 saturated heterocycles. The first-order valence-corrected chi connectivity index (χ1v) is 9.04. The summed E-state index contributed by atoms with van der Waals surface area (Å²) in [6.07, 6.45) is 8.35. The summed E-state index contributed by atoms with van der Waals surface area (Å²) in [6.45, 7) is 2.86. The van der Waals surface area contributed by atoms with E-state index in [4.69, 9.17) is 0 Å². The lowest BCUT2D eigenvalue weighted by Crippen LogP contribution is -2.62. The number of hydrogen-bond donors (Lipinski definition) is 2. The lowest BCUT2D eigenvalue weighted by molar-refractivity contribution is 0.0358. The number of H-pyrrole nitrogens is 1. The number of nitrogens with one attached hydrogen (secondary N) is 2. The van der Waals surface area contributed by atoms with Crippen LogP contribution in [-0.4, -0.2) is 51.8 Å². The Bertz CT molecular complexity index is 816. The van der Waals surface area contributed by atoms with Crippen LogP contribution in [0.1, 0.15) is 42.2 Å². The average molecular weight is 352 g/mol. The Hall–Kier alpha value is -2.67. The fourth-order valence-corrected chi connectivity index (χ4v) is 3.78. The van der Waals surface area contributed by atoms with Crippen LogP contribution in [0.2, 0.25) is 0 Å². The maximum absolute atomic E-state index is 13.0. The summed E-state index contributed by atoms with van der Waals surface area (Å²) in [5.74, 6) is 0.837. The van der Waals surface area contributed by atoms with Gasteiger partial charge < -0.3 is 14.8 Å². The average Bonchev–Trinajstić information content (AvgIpc) is 3.16. The molecule has 2 aliphatic rings. The van der Waals surface area contributed by atoms with Gasteiger partial charge in [0, 0.05) is 31.5 Å². The second-order valence-corrected chi connectivity index (χ2v) is 7.04. The molecule has 2 atom stereocenters. The van der Waals surface area contributed by atoms with Crippen molar-refractivity contribution in [1.29, 1.82) is 0 Å². The number of hydrogen-bond acceptors (Lipinski definition) is 5. The lowest BCUT2D eigenvalue weighted by Gasteiger charge is -2.46. The Morgan fingerprint density at radius 3 is 3.04 bits per heavy atom. The first-order chi connectivity index (χ1) is 12.6. The summed E-state index contributed by atoms with van der Waals surface area (Å²) in [5.41, 5.74) is 1.13. The molecule has 1 amide bonds. The molecule has 2 aromatic heterocycles. The van der Waals surface area contributed by atoms with Gasteiger partial charge in [-0.3, -0.25) is 15.1 Å². The molecule has 2 aromatic rings. The number of fused-ring (bicyclic) bond motifs is 1. The maximum Gasteiger partial charge on any atom is 0.273 e. The molecule has 2 aliphatic heterocycles. The number of rotatable bonds is 3. The van der Waals surface area contributed by atoms with Crippen molar-refractivity contribution in [2.45, 2.75) is 38.0 Å². The molecule has 0 aliphatic carbocycles. The van der Waals surface area contributed by atoms with Crippen molar-refractivity contribution in [3.63, 3.8) is 0 Å². The van der Waals surface area contributed by atoms with Gasteiger partial charge in [0.1, 0.15) is 17.2 Å². The third-order valence-electron chi connectivity index (χ3n) is 5.41. The van der Waals surface area contributed by atoms with Gasteiger partial charge in [-0.05, 0) is 44.4 Å². The first-order valence-electron chi connectivity index (χ1n) is 9.04. The molecule has 136 valence electrons. The minimum Gasteiger partial charge on any atom is -0.346 e. The molecule has 0 aromatic carbocycles. The molecule has 0 bridgehead atoms. The molecule has 0 spiro atoms. The Labute approximate surface area is 153 Å². The van der Waals surface area contributed by atoms with Crippen LogP contribution in [-0.2, 0) is 5.66 Å². The number of piperidine rings is 1. The van der Waals surface area contributed by atoms with Crippen LogP contribution in [0.15, 0.2) is 41.7 Å². The van der Waals surface area contributed by atoms with Crippen LogP contribution in [0, 0.1) is 0 Å². The largest absolute Gasteiger partial charge is 0.346 e. The van der Waals surface area contributed by atoms with Gasteiger partial charge in [-0.25, -0.2) is 4.99 Å². The molecular formula is C19H24N6O. The molecule has 26 heavy (non-hydrogen) atoms. The maximum atomic E-state index is 13.0. The topological polar surface area (TPSA) is 76.6 Å². The van der Waals surface area contributed by atoms with Crippen molar-refractivity contribution in [3.05, 3.63) is 47.9 Å².